The summed E-state index contributed by atoms with van der Waals surface area (Å²) in [5, 5.41) is 11.8. The van der Waals surface area contributed by atoms with Crippen LogP contribution in [0.3, 0.4) is 0 Å². The van der Waals surface area contributed by atoms with Crippen molar-refractivity contribution >= 4 is 5.97 Å². The molecule has 1 aliphatic heterocycles. The van der Waals surface area contributed by atoms with E-state index in [2.05, 4.69) is 5.32 Å². The molecule has 74 valence electrons. The fourth-order valence-corrected chi connectivity index (χ4v) is 1.75. The van der Waals surface area contributed by atoms with Gasteiger partial charge in [0, 0.05) is 6.54 Å². The maximum atomic E-state index is 12.9. The molecule has 2 rings (SSSR count). The number of benzene rings is 1. The Balaban J connectivity index is 2.44. The van der Waals surface area contributed by atoms with E-state index < -0.39 is 12.0 Å². The van der Waals surface area contributed by atoms with Crippen LogP contribution < -0.4 is 5.32 Å². The molecule has 1 heterocycles. The number of carboxylic acids is 1. The van der Waals surface area contributed by atoms with Crippen LogP contribution in [0.1, 0.15) is 17.2 Å². The number of nitrogens with one attached hydrogen (secondary N) is 1. The number of hydrogen-bond donors (Lipinski definition) is 2. The van der Waals surface area contributed by atoms with Gasteiger partial charge in [0.15, 0.2) is 0 Å². The minimum atomic E-state index is -0.919. The third kappa shape index (κ3) is 1.48. The highest BCUT2D eigenvalue weighted by Crippen LogP contribution is 2.23. The van der Waals surface area contributed by atoms with Crippen molar-refractivity contribution in [2.24, 2.45) is 0 Å². The summed E-state index contributed by atoms with van der Waals surface area (Å²) < 4.78 is 12.9. The number of aliphatic carboxylic acids is 1. The van der Waals surface area contributed by atoms with Crippen LogP contribution in [0.2, 0.25) is 0 Å². The predicted molar refractivity (Wildman–Crippen MR) is 48.5 cm³/mol. The molecular formula is C10H10FNO2. The SMILES string of the molecule is O=C(O)C1NCCc2cc(F)ccc21. The first kappa shape index (κ1) is 9.15. The van der Waals surface area contributed by atoms with Gasteiger partial charge in [0.05, 0.1) is 0 Å². The van der Waals surface area contributed by atoms with E-state index in [9.17, 15) is 9.18 Å². The third-order valence-electron chi connectivity index (χ3n) is 2.41. The Hall–Kier alpha value is -1.42. The van der Waals surface area contributed by atoms with E-state index in [0.717, 1.165) is 5.56 Å². The zero-order chi connectivity index (χ0) is 10.1. The van der Waals surface area contributed by atoms with E-state index in [1.807, 2.05) is 0 Å². The highest BCUT2D eigenvalue weighted by molar-refractivity contribution is 5.76. The van der Waals surface area contributed by atoms with E-state index >= 15 is 0 Å². The monoisotopic (exact) mass is 195 g/mol. The number of carboxylic acid groups (broad SMARTS) is 1. The number of hydrogen-bond acceptors (Lipinski definition) is 2. The summed E-state index contributed by atoms with van der Waals surface area (Å²) in [6.45, 7) is 0.577. The largest absolute Gasteiger partial charge is 0.480 e. The molecule has 1 atom stereocenters. The lowest BCUT2D eigenvalue weighted by Gasteiger charge is -2.23. The fraction of sp³-hybridized carbons (Fsp3) is 0.300. The van der Waals surface area contributed by atoms with Crippen LogP contribution in [-0.4, -0.2) is 17.6 Å². The van der Waals surface area contributed by atoms with Crippen LogP contribution in [0.15, 0.2) is 18.2 Å². The Morgan fingerprint density at radius 1 is 1.57 bits per heavy atom. The maximum Gasteiger partial charge on any atom is 0.325 e. The first-order chi connectivity index (χ1) is 6.68. The van der Waals surface area contributed by atoms with Crippen molar-refractivity contribution in [1.29, 1.82) is 0 Å². The smallest absolute Gasteiger partial charge is 0.325 e. The van der Waals surface area contributed by atoms with Gasteiger partial charge in [-0.15, -0.1) is 0 Å². The quantitative estimate of drug-likeness (QED) is 0.705. The van der Waals surface area contributed by atoms with Gasteiger partial charge in [-0.2, -0.15) is 0 Å². The summed E-state index contributed by atoms with van der Waals surface area (Å²) in [7, 11) is 0. The van der Waals surface area contributed by atoms with Crippen LogP contribution in [-0.2, 0) is 11.2 Å². The van der Waals surface area contributed by atoms with E-state index in [-0.39, 0.29) is 5.82 Å². The minimum absolute atomic E-state index is 0.310. The van der Waals surface area contributed by atoms with Gasteiger partial charge >= 0.3 is 5.97 Å². The van der Waals surface area contributed by atoms with Gasteiger partial charge in [-0.25, -0.2) is 4.39 Å². The molecule has 0 aromatic heterocycles. The average Bonchev–Trinajstić information content (AvgIpc) is 2.16. The zero-order valence-corrected chi connectivity index (χ0v) is 7.46. The second-order valence-corrected chi connectivity index (χ2v) is 3.32. The van der Waals surface area contributed by atoms with Crippen molar-refractivity contribution in [1.82, 2.24) is 5.32 Å². The van der Waals surface area contributed by atoms with Crippen molar-refractivity contribution in [2.45, 2.75) is 12.5 Å². The van der Waals surface area contributed by atoms with Crippen LogP contribution in [0, 0.1) is 5.82 Å². The van der Waals surface area contributed by atoms with E-state index in [1.54, 1.807) is 0 Å². The molecule has 0 bridgehead atoms. The second kappa shape index (κ2) is 3.38. The summed E-state index contributed by atoms with van der Waals surface area (Å²) >= 11 is 0. The molecule has 0 radical (unpaired) electrons. The molecule has 0 spiro atoms. The van der Waals surface area contributed by atoms with Gasteiger partial charge in [0.25, 0.3) is 0 Å². The summed E-state index contributed by atoms with van der Waals surface area (Å²) in [6.07, 6.45) is 0.677. The molecular weight excluding hydrogens is 185 g/mol. The van der Waals surface area contributed by atoms with Gasteiger partial charge in [0.1, 0.15) is 11.9 Å². The molecule has 1 unspecified atom stereocenters. The standard InChI is InChI=1S/C10H10FNO2/c11-7-1-2-8-6(5-7)3-4-12-9(8)10(13)14/h1-2,5,9,12H,3-4H2,(H,13,14). The Labute approximate surface area is 80.6 Å². The summed E-state index contributed by atoms with van der Waals surface area (Å²) in [5.41, 5.74) is 1.46. The number of carbonyl (C=O) groups is 1. The van der Waals surface area contributed by atoms with E-state index in [4.69, 9.17) is 5.11 Å². The average molecular weight is 195 g/mol. The van der Waals surface area contributed by atoms with Gasteiger partial charge in [0.2, 0.25) is 0 Å². The molecule has 14 heavy (non-hydrogen) atoms. The summed E-state index contributed by atoms with van der Waals surface area (Å²) in [5.74, 6) is -1.23. The van der Waals surface area contributed by atoms with Crippen molar-refractivity contribution in [2.75, 3.05) is 6.54 Å². The van der Waals surface area contributed by atoms with Crippen molar-refractivity contribution in [3.05, 3.63) is 35.1 Å². The van der Waals surface area contributed by atoms with Gasteiger partial charge < -0.3 is 10.4 Å². The number of halogens is 1. The normalized spacial score (nSPS) is 20.2. The molecule has 1 aromatic rings. The second-order valence-electron chi connectivity index (χ2n) is 3.32. The van der Waals surface area contributed by atoms with Crippen molar-refractivity contribution in [3.63, 3.8) is 0 Å². The molecule has 1 aliphatic rings. The first-order valence-corrected chi connectivity index (χ1v) is 4.43. The minimum Gasteiger partial charge on any atom is -0.480 e. The van der Waals surface area contributed by atoms with Crippen LogP contribution in [0.4, 0.5) is 4.39 Å². The lowest BCUT2D eigenvalue weighted by Crippen LogP contribution is -2.35. The number of rotatable bonds is 1. The third-order valence-corrected chi connectivity index (χ3v) is 2.41. The van der Waals surface area contributed by atoms with Crippen molar-refractivity contribution in [3.8, 4) is 0 Å². The van der Waals surface area contributed by atoms with Gasteiger partial charge in [-0.05, 0) is 29.7 Å². The van der Waals surface area contributed by atoms with Gasteiger partial charge in [-0.1, -0.05) is 6.07 Å². The Morgan fingerprint density at radius 2 is 2.36 bits per heavy atom. The molecule has 1 aromatic carbocycles. The van der Waals surface area contributed by atoms with Crippen LogP contribution >= 0.6 is 0 Å². The van der Waals surface area contributed by atoms with E-state index in [0.29, 0.717) is 18.5 Å². The van der Waals surface area contributed by atoms with Crippen LogP contribution in [0.5, 0.6) is 0 Å². The molecule has 4 heteroatoms. The molecule has 0 saturated carbocycles. The lowest BCUT2D eigenvalue weighted by molar-refractivity contribution is -0.139. The molecule has 0 aliphatic carbocycles. The Kier molecular flexibility index (Phi) is 2.21. The first-order valence-electron chi connectivity index (χ1n) is 4.43. The summed E-state index contributed by atoms with van der Waals surface area (Å²) in [4.78, 5) is 10.8. The van der Waals surface area contributed by atoms with Crippen LogP contribution in [0.25, 0.3) is 0 Å². The lowest BCUT2D eigenvalue weighted by atomic mass is 9.94. The highest BCUT2D eigenvalue weighted by Gasteiger charge is 2.25. The zero-order valence-electron chi connectivity index (χ0n) is 7.46. The predicted octanol–water partition coefficient (Wildman–Crippen LogP) is 1.10. The molecule has 0 fully saturated rings. The van der Waals surface area contributed by atoms with Crippen molar-refractivity contribution < 1.29 is 14.3 Å². The van der Waals surface area contributed by atoms with Gasteiger partial charge in [-0.3, -0.25) is 4.79 Å². The summed E-state index contributed by atoms with van der Waals surface area (Å²) in [6, 6.07) is 3.54. The number of fused-ring (bicyclic) bond motifs is 1. The Morgan fingerprint density at radius 3 is 3.07 bits per heavy atom. The molecule has 2 N–H and O–H groups in total. The fourth-order valence-electron chi connectivity index (χ4n) is 1.75. The molecule has 3 nitrogen and oxygen atoms in total. The Bertz CT molecular complexity index is 378. The maximum absolute atomic E-state index is 12.9. The molecule has 0 amide bonds. The van der Waals surface area contributed by atoms with E-state index in [1.165, 1.54) is 18.2 Å². The molecule has 0 saturated heterocycles. The highest BCUT2D eigenvalue weighted by atomic mass is 19.1. The topological polar surface area (TPSA) is 49.3 Å².